The van der Waals surface area contributed by atoms with E-state index in [0.717, 1.165) is 24.7 Å². The second-order valence-corrected chi connectivity index (χ2v) is 5.42. The molecule has 0 amide bonds. The Morgan fingerprint density at radius 1 is 1.08 bits per heavy atom. The van der Waals surface area contributed by atoms with E-state index >= 15 is 0 Å². The number of anilines is 4. The van der Waals surface area contributed by atoms with Gasteiger partial charge in [0.2, 0.25) is 0 Å². The Hall–Kier alpha value is -3.09. The maximum atomic E-state index is 13.8. The van der Waals surface area contributed by atoms with Crippen molar-refractivity contribution in [1.82, 2.24) is 15.2 Å². The van der Waals surface area contributed by atoms with Crippen LogP contribution in [-0.2, 0) is 6.42 Å². The SMILES string of the molecule is Fc1ccc(Nc2cnnc(N3CCc4ccccc43)n2)c(F)c1. The Labute approximate surface area is 137 Å². The molecule has 0 atom stereocenters. The molecule has 0 fully saturated rings. The molecule has 1 aliphatic rings. The summed E-state index contributed by atoms with van der Waals surface area (Å²) < 4.78 is 26.7. The molecule has 0 aliphatic carbocycles. The summed E-state index contributed by atoms with van der Waals surface area (Å²) in [6, 6.07) is 11.3. The molecule has 1 aromatic heterocycles. The number of para-hydroxylation sites is 1. The smallest absolute Gasteiger partial charge is 0.251 e. The molecule has 0 saturated heterocycles. The highest BCUT2D eigenvalue weighted by atomic mass is 19.1. The highest BCUT2D eigenvalue weighted by Gasteiger charge is 2.22. The van der Waals surface area contributed by atoms with Crippen molar-refractivity contribution in [2.75, 3.05) is 16.8 Å². The molecule has 5 nitrogen and oxygen atoms in total. The number of hydrogen-bond donors (Lipinski definition) is 1. The zero-order valence-corrected chi connectivity index (χ0v) is 12.6. The van der Waals surface area contributed by atoms with Crippen LogP contribution in [-0.4, -0.2) is 21.7 Å². The number of hydrogen-bond acceptors (Lipinski definition) is 5. The lowest BCUT2D eigenvalue weighted by Crippen LogP contribution is -2.17. The van der Waals surface area contributed by atoms with Crippen molar-refractivity contribution in [3.63, 3.8) is 0 Å². The lowest BCUT2D eigenvalue weighted by atomic mass is 10.2. The monoisotopic (exact) mass is 325 g/mol. The minimum absolute atomic E-state index is 0.129. The first-order chi connectivity index (χ1) is 11.7. The molecule has 7 heteroatoms. The van der Waals surface area contributed by atoms with Crippen molar-refractivity contribution in [3.05, 3.63) is 65.9 Å². The maximum absolute atomic E-state index is 13.8. The first kappa shape index (κ1) is 14.5. The second-order valence-electron chi connectivity index (χ2n) is 5.42. The Bertz CT molecular complexity index is 900. The van der Waals surface area contributed by atoms with Gasteiger partial charge in [-0.25, -0.2) is 8.78 Å². The van der Waals surface area contributed by atoms with Crippen LogP contribution in [0.15, 0.2) is 48.7 Å². The minimum atomic E-state index is -0.693. The van der Waals surface area contributed by atoms with Crippen LogP contribution in [0.3, 0.4) is 0 Å². The van der Waals surface area contributed by atoms with Gasteiger partial charge in [-0.2, -0.15) is 10.1 Å². The molecule has 0 spiro atoms. The molecular weight excluding hydrogens is 312 g/mol. The zero-order valence-electron chi connectivity index (χ0n) is 12.6. The predicted octanol–water partition coefficient (Wildman–Crippen LogP) is 3.59. The topological polar surface area (TPSA) is 53.9 Å². The van der Waals surface area contributed by atoms with E-state index in [9.17, 15) is 8.78 Å². The van der Waals surface area contributed by atoms with E-state index in [0.29, 0.717) is 11.8 Å². The molecule has 4 rings (SSSR count). The molecule has 0 radical (unpaired) electrons. The van der Waals surface area contributed by atoms with Crippen molar-refractivity contribution in [2.45, 2.75) is 6.42 Å². The summed E-state index contributed by atoms with van der Waals surface area (Å²) in [5.74, 6) is -0.544. The fraction of sp³-hybridized carbons (Fsp3) is 0.118. The van der Waals surface area contributed by atoms with Crippen LogP contribution in [0.1, 0.15) is 5.56 Å². The van der Waals surface area contributed by atoms with Crippen molar-refractivity contribution >= 4 is 23.1 Å². The predicted molar refractivity (Wildman–Crippen MR) is 86.6 cm³/mol. The number of aromatic nitrogens is 3. The molecule has 2 heterocycles. The van der Waals surface area contributed by atoms with Gasteiger partial charge in [0.05, 0.1) is 11.9 Å². The third kappa shape index (κ3) is 2.64. The summed E-state index contributed by atoms with van der Waals surface area (Å²) in [7, 11) is 0. The molecule has 0 unspecified atom stereocenters. The lowest BCUT2D eigenvalue weighted by molar-refractivity contribution is 0.586. The van der Waals surface area contributed by atoms with Gasteiger partial charge in [0.15, 0.2) is 5.82 Å². The summed E-state index contributed by atoms with van der Waals surface area (Å²) in [5, 5.41) is 10.8. The number of fused-ring (bicyclic) bond motifs is 1. The van der Waals surface area contributed by atoms with Crippen molar-refractivity contribution in [2.24, 2.45) is 0 Å². The van der Waals surface area contributed by atoms with E-state index in [1.165, 1.54) is 23.9 Å². The molecule has 24 heavy (non-hydrogen) atoms. The van der Waals surface area contributed by atoms with Gasteiger partial charge < -0.3 is 10.2 Å². The van der Waals surface area contributed by atoms with Crippen LogP contribution in [0.4, 0.5) is 31.9 Å². The largest absolute Gasteiger partial charge is 0.336 e. The average molecular weight is 325 g/mol. The van der Waals surface area contributed by atoms with Crippen LogP contribution in [0, 0.1) is 11.6 Å². The van der Waals surface area contributed by atoms with Crippen LogP contribution in [0.2, 0.25) is 0 Å². The van der Waals surface area contributed by atoms with Crippen molar-refractivity contribution < 1.29 is 8.78 Å². The normalized spacial score (nSPS) is 13.0. The number of halogens is 2. The summed E-state index contributed by atoms with van der Waals surface area (Å²) in [6.45, 7) is 0.759. The third-order valence-corrected chi connectivity index (χ3v) is 3.87. The Balaban J connectivity index is 1.63. The molecule has 3 aromatic rings. The first-order valence-electron chi connectivity index (χ1n) is 7.48. The third-order valence-electron chi connectivity index (χ3n) is 3.87. The van der Waals surface area contributed by atoms with Gasteiger partial charge in [0, 0.05) is 18.3 Å². The molecule has 0 bridgehead atoms. The highest BCUT2D eigenvalue weighted by molar-refractivity contribution is 5.66. The van der Waals surface area contributed by atoms with E-state index in [1.807, 2.05) is 23.1 Å². The number of rotatable bonds is 3. The molecular formula is C17H13F2N5. The van der Waals surface area contributed by atoms with E-state index in [2.05, 4.69) is 26.6 Å². The maximum Gasteiger partial charge on any atom is 0.251 e. The highest BCUT2D eigenvalue weighted by Crippen LogP contribution is 2.32. The molecule has 1 N–H and O–H groups in total. The van der Waals surface area contributed by atoms with Crippen LogP contribution < -0.4 is 10.2 Å². The fourth-order valence-corrected chi connectivity index (χ4v) is 2.74. The summed E-state index contributed by atoms with van der Waals surface area (Å²) in [6.07, 6.45) is 2.30. The number of nitrogens with zero attached hydrogens (tertiary/aromatic N) is 4. The lowest BCUT2D eigenvalue weighted by Gasteiger charge is -2.17. The summed E-state index contributed by atoms with van der Waals surface area (Å²) >= 11 is 0. The minimum Gasteiger partial charge on any atom is -0.336 e. The van der Waals surface area contributed by atoms with Gasteiger partial charge >= 0.3 is 0 Å². The van der Waals surface area contributed by atoms with Gasteiger partial charge in [0.25, 0.3) is 5.95 Å². The van der Waals surface area contributed by atoms with Gasteiger partial charge in [0.1, 0.15) is 11.6 Å². The molecule has 0 saturated carbocycles. The molecule has 1 aliphatic heterocycles. The average Bonchev–Trinajstić information content (AvgIpc) is 3.02. The van der Waals surface area contributed by atoms with Crippen LogP contribution >= 0.6 is 0 Å². The second kappa shape index (κ2) is 5.84. The van der Waals surface area contributed by atoms with Gasteiger partial charge in [-0.1, -0.05) is 18.2 Å². The van der Waals surface area contributed by atoms with Gasteiger partial charge in [-0.05, 0) is 30.2 Å². The van der Waals surface area contributed by atoms with Crippen LogP contribution in [0.25, 0.3) is 0 Å². The van der Waals surface area contributed by atoms with E-state index < -0.39 is 11.6 Å². The van der Waals surface area contributed by atoms with Gasteiger partial charge in [-0.3, -0.25) is 0 Å². The van der Waals surface area contributed by atoms with E-state index in [4.69, 9.17) is 0 Å². The summed E-state index contributed by atoms with van der Waals surface area (Å²) in [4.78, 5) is 6.36. The number of nitrogens with one attached hydrogen (secondary N) is 1. The summed E-state index contributed by atoms with van der Waals surface area (Å²) in [5.41, 5.74) is 2.40. The van der Waals surface area contributed by atoms with Gasteiger partial charge in [-0.15, -0.1) is 5.10 Å². The zero-order chi connectivity index (χ0) is 16.5. The van der Waals surface area contributed by atoms with E-state index in [1.54, 1.807) is 0 Å². The Morgan fingerprint density at radius 2 is 1.96 bits per heavy atom. The Kier molecular flexibility index (Phi) is 3.53. The number of benzene rings is 2. The van der Waals surface area contributed by atoms with Crippen molar-refractivity contribution in [3.8, 4) is 0 Å². The quantitative estimate of drug-likeness (QED) is 0.797. The molecule has 2 aromatic carbocycles. The fourth-order valence-electron chi connectivity index (χ4n) is 2.74. The van der Waals surface area contributed by atoms with E-state index in [-0.39, 0.29) is 5.69 Å². The Morgan fingerprint density at radius 3 is 2.83 bits per heavy atom. The first-order valence-corrected chi connectivity index (χ1v) is 7.48. The molecule has 120 valence electrons. The van der Waals surface area contributed by atoms with Crippen molar-refractivity contribution in [1.29, 1.82) is 0 Å². The standard InChI is InChI=1S/C17H13F2N5/c18-12-5-6-14(13(19)9-12)21-16-10-20-23-17(22-16)24-8-7-11-3-1-2-4-15(11)24/h1-6,9-10H,7-8H2,(H,21,22,23). The van der Waals surface area contributed by atoms with Crippen LogP contribution in [0.5, 0.6) is 0 Å².